The second-order valence-corrected chi connectivity index (χ2v) is 4.85. The quantitative estimate of drug-likeness (QED) is 0.819. The van der Waals surface area contributed by atoms with E-state index in [1.54, 1.807) is 29.6 Å². The van der Waals surface area contributed by atoms with E-state index in [-0.39, 0.29) is 5.91 Å². The van der Waals surface area contributed by atoms with E-state index in [0.29, 0.717) is 11.4 Å². The maximum Gasteiger partial charge on any atom is 0.355 e. The molecule has 19 heavy (non-hydrogen) atoms. The highest BCUT2D eigenvalue weighted by molar-refractivity contribution is 5.92. The third kappa shape index (κ3) is 2.89. The van der Waals surface area contributed by atoms with Crippen LogP contribution in [0.3, 0.4) is 0 Å². The van der Waals surface area contributed by atoms with Crippen molar-refractivity contribution < 1.29 is 14.3 Å². The topological polar surface area (TPSA) is 77.6 Å². The van der Waals surface area contributed by atoms with Crippen molar-refractivity contribution in [2.75, 3.05) is 18.8 Å². The molecule has 1 unspecified atom stereocenters. The van der Waals surface area contributed by atoms with Crippen LogP contribution in [0.25, 0.3) is 0 Å². The molecule has 6 nitrogen and oxygen atoms in total. The molecule has 0 aromatic carbocycles. The van der Waals surface area contributed by atoms with Crippen molar-refractivity contribution in [3.8, 4) is 0 Å². The Labute approximate surface area is 112 Å². The lowest BCUT2D eigenvalue weighted by molar-refractivity contribution is -0.138. The summed E-state index contributed by atoms with van der Waals surface area (Å²) in [4.78, 5) is 25.7. The lowest BCUT2D eigenvalue weighted by atomic mass is 10.3. The molecule has 1 aliphatic heterocycles. The Hall–Kier alpha value is -1.98. The Morgan fingerprint density at radius 1 is 1.37 bits per heavy atom. The molecule has 0 saturated carbocycles. The molecule has 1 saturated heterocycles. The monoisotopic (exact) mass is 265 g/mol. The molecule has 1 amide bonds. The number of esters is 1. The van der Waals surface area contributed by atoms with Crippen LogP contribution >= 0.6 is 0 Å². The highest BCUT2D eigenvalue weighted by Gasteiger charge is 2.26. The summed E-state index contributed by atoms with van der Waals surface area (Å²) >= 11 is 0. The minimum atomic E-state index is -0.762. The van der Waals surface area contributed by atoms with E-state index in [1.807, 2.05) is 0 Å². The average Bonchev–Trinajstić information content (AvgIpc) is 2.97. The second-order valence-electron chi connectivity index (χ2n) is 4.85. The molecule has 2 N–H and O–H groups in total. The summed E-state index contributed by atoms with van der Waals surface area (Å²) in [6.45, 7) is 3.10. The Kier molecular flexibility index (Phi) is 3.78. The number of ether oxygens (including phenoxy) is 1. The van der Waals surface area contributed by atoms with Gasteiger partial charge in [0.2, 0.25) is 0 Å². The highest BCUT2D eigenvalue weighted by Crippen LogP contribution is 2.14. The maximum absolute atomic E-state index is 12.0. The minimum Gasteiger partial charge on any atom is -0.448 e. The fraction of sp³-hybridized carbons (Fsp3) is 0.538. The van der Waals surface area contributed by atoms with E-state index in [4.69, 9.17) is 10.5 Å². The second kappa shape index (κ2) is 5.34. The van der Waals surface area contributed by atoms with Gasteiger partial charge < -0.3 is 19.9 Å². The van der Waals surface area contributed by atoms with Gasteiger partial charge in [-0.1, -0.05) is 0 Å². The van der Waals surface area contributed by atoms with Gasteiger partial charge in [-0.3, -0.25) is 4.79 Å². The molecule has 0 radical (unpaired) electrons. The standard InChI is InChI=1S/C13H19N3O3/c1-9(12(17)16-5-3-4-6-16)19-13(18)11-7-10(14)8-15(11)2/h7-9H,3-6,14H2,1-2H3. The molecule has 104 valence electrons. The first-order chi connectivity index (χ1) is 8.99. The molecule has 1 atom stereocenters. The summed E-state index contributed by atoms with van der Waals surface area (Å²) in [6.07, 6.45) is 2.90. The zero-order chi connectivity index (χ0) is 14.0. The van der Waals surface area contributed by atoms with Crippen molar-refractivity contribution in [1.29, 1.82) is 0 Å². The molecule has 1 fully saturated rings. The van der Waals surface area contributed by atoms with Crippen molar-refractivity contribution in [2.24, 2.45) is 7.05 Å². The van der Waals surface area contributed by atoms with Gasteiger partial charge >= 0.3 is 5.97 Å². The molecular weight excluding hydrogens is 246 g/mol. The molecule has 2 rings (SSSR count). The zero-order valence-corrected chi connectivity index (χ0v) is 11.3. The summed E-state index contributed by atoms with van der Waals surface area (Å²) in [5.74, 6) is -0.660. The number of aryl methyl sites for hydroxylation is 1. The lowest BCUT2D eigenvalue weighted by Gasteiger charge is -2.20. The predicted octanol–water partition coefficient (Wildman–Crippen LogP) is 0.775. The number of hydrogen-bond acceptors (Lipinski definition) is 4. The smallest absolute Gasteiger partial charge is 0.355 e. The fourth-order valence-corrected chi connectivity index (χ4v) is 2.26. The summed E-state index contributed by atoms with van der Waals surface area (Å²) in [7, 11) is 1.71. The van der Waals surface area contributed by atoms with E-state index in [9.17, 15) is 9.59 Å². The highest BCUT2D eigenvalue weighted by atomic mass is 16.5. The average molecular weight is 265 g/mol. The van der Waals surface area contributed by atoms with Crippen LogP contribution in [0.5, 0.6) is 0 Å². The number of carbonyl (C=O) groups is 2. The van der Waals surface area contributed by atoms with Crippen LogP contribution in [0, 0.1) is 0 Å². The fourth-order valence-electron chi connectivity index (χ4n) is 2.26. The van der Waals surface area contributed by atoms with Gasteiger partial charge in [0.1, 0.15) is 5.69 Å². The number of carbonyl (C=O) groups excluding carboxylic acids is 2. The van der Waals surface area contributed by atoms with Crippen LogP contribution in [0.15, 0.2) is 12.3 Å². The molecular formula is C13H19N3O3. The van der Waals surface area contributed by atoms with Gasteiger partial charge in [0.05, 0.1) is 5.69 Å². The first-order valence-electron chi connectivity index (χ1n) is 6.40. The third-order valence-corrected chi connectivity index (χ3v) is 3.28. The molecule has 0 aliphatic carbocycles. The number of amides is 1. The van der Waals surface area contributed by atoms with Crippen LogP contribution in [-0.4, -0.2) is 40.5 Å². The molecule has 6 heteroatoms. The number of hydrogen-bond donors (Lipinski definition) is 1. The van der Waals surface area contributed by atoms with E-state index in [0.717, 1.165) is 25.9 Å². The van der Waals surface area contributed by atoms with E-state index >= 15 is 0 Å². The number of rotatable bonds is 3. The largest absolute Gasteiger partial charge is 0.448 e. The van der Waals surface area contributed by atoms with Crippen LogP contribution in [0.1, 0.15) is 30.3 Å². The third-order valence-electron chi connectivity index (χ3n) is 3.28. The zero-order valence-electron chi connectivity index (χ0n) is 11.3. The number of nitrogens with two attached hydrogens (primary N) is 1. The first-order valence-corrected chi connectivity index (χ1v) is 6.40. The molecule has 0 spiro atoms. The van der Waals surface area contributed by atoms with Gasteiger partial charge in [-0.05, 0) is 25.8 Å². The van der Waals surface area contributed by atoms with Gasteiger partial charge in [-0.25, -0.2) is 4.79 Å². The van der Waals surface area contributed by atoms with Gasteiger partial charge in [-0.15, -0.1) is 0 Å². The van der Waals surface area contributed by atoms with E-state index in [2.05, 4.69) is 0 Å². The Morgan fingerprint density at radius 2 is 2.00 bits per heavy atom. The van der Waals surface area contributed by atoms with Crippen molar-refractivity contribution in [2.45, 2.75) is 25.9 Å². The van der Waals surface area contributed by atoms with Crippen molar-refractivity contribution in [1.82, 2.24) is 9.47 Å². The Morgan fingerprint density at radius 3 is 2.53 bits per heavy atom. The molecule has 1 aliphatic rings. The van der Waals surface area contributed by atoms with E-state index in [1.165, 1.54) is 6.07 Å². The predicted molar refractivity (Wildman–Crippen MR) is 70.5 cm³/mol. The van der Waals surface area contributed by atoms with Crippen molar-refractivity contribution in [3.63, 3.8) is 0 Å². The van der Waals surface area contributed by atoms with Crippen molar-refractivity contribution in [3.05, 3.63) is 18.0 Å². The van der Waals surface area contributed by atoms with Crippen LogP contribution in [-0.2, 0) is 16.6 Å². The molecule has 1 aromatic rings. The molecule has 0 bridgehead atoms. The molecule has 1 aromatic heterocycles. The number of nitrogen functional groups attached to an aromatic ring is 1. The normalized spacial score (nSPS) is 16.4. The summed E-state index contributed by atoms with van der Waals surface area (Å²) in [5.41, 5.74) is 6.44. The number of anilines is 1. The molecule has 2 heterocycles. The van der Waals surface area contributed by atoms with Crippen molar-refractivity contribution >= 4 is 17.6 Å². The lowest BCUT2D eigenvalue weighted by Crippen LogP contribution is -2.38. The van der Waals surface area contributed by atoms with Crippen LogP contribution in [0.4, 0.5) is 5.69 Å². The van der Waals surface area contributed by atoms with Crippen LogP contribution in [0.2, 0.25) is 0 Å². The van der Waals surface area contributed by atoms with Gasteiger partial charge in [-0.2, -0.15) is 0 Å². The summed E-state index contributed by atoms with van der Waals surface area (Å²) < 4.78 is 6.79. The number of nitrogens with zero attached hydrogens (tertiary/aromatic N) is 2. The first kappa shape index (κ1) is 13.5. The minimum absolute atomic E-state index is 0.131. The van der Waals surface area contributed by atoms with Gasteiger partial charge in [0, 0.05) is 26.3 Å². The summed E-state index contributed by atoms with van der Waals surface area (Å²) in [6, 6.07) is 1.54. The number of aromatic nitrogens is 1. The maximum atomic E-state index is 12.0. The van der Waals surface area contributed by atoms with E-state index < -0.39 is 12.1 Å². The van der Waals surface area contributed by atoms with Gasteiger partial charge in [0.25, 0.3) is 5.91 Å². The van der Waals surface area contributed by atoms with Gasteiger partial charge in [0.15, 0.2) is 6.10 Å². The SMILES string of the molecule is CC(OC(=O)c1cc(N)cn1C)C(=O)N1CCCC1. The summed E-state index contributed by atoms with van der Waals surface area (Å²) in [5, 5.41) is 0. The Bertz CT molecular complexity index is 489. The van der Waals surface area contributed by atoms with Crippen LogP contribution < -0.4 is 5.73 Å². The number of likely N-dealkylation sites (tertiary alicyclic amines) is 1. The Balaban J connectivity index is 1.98.